The van der Waals surface area contributed by atoms with Crippen LogP contribution in [-0.2, 0) is 11.8 Å². The van der Waals surface area contributed by atoms with Crippen LogP contribution in [0.25, 0.3) is 28.3 Å². The summed E-state index contributed by atoms with van der Waals surface area (Å²) in [5.41, 5.74) is 5.71. The van der Waals surface area contributed by atoms with E-state index < -0.39 is 0 Å². The molecule has 4 aromatic heterocycles. The molecule has 0 saturated carbocycles. The van der Waals surface area contributed by atoms with E-state index >= 15 is 0 Å². The van der Waals surface area contributed by atoms with Gasteiger partial charge in [-0.15, -0.1) is 10.2 Å². The molecule has 1 fully saturated rings. The lowest BCUT2D eigenvalue weighted by Crippen LogP contribution is -2.44. The quantitative estimate of drug-likeness (QED) is 0.241. The number of morpholine rings is 1. The van der Waals surface area contributed by atoms with E-state index in [1.165, 1.54) is 0 Å². The zero-order valence-corrected chi connectivity index (χ0v) is 23.4. The van der Waals surface area contributed by atoms with Gasteiger partial charge in [-0.05, 0) is 77.5 Å². The van der Waals surface area contributed by atoms with Crippen molar-refractivity contribution in [3.05, 3.63) is 27.2 Å². The molecule has 10 nitrogen and oxygen atoms in total. The average Bonchev–Trinajstić information content (AvgIpc) is 3.42. The SMILES string of the molecule is Cc1cc(-c2nc(I)c3c(-c4c(C)nnn4C)cc(N4CCOC[C@H]4C)nn23)n(PI)n1. The maximum atomic E-state index is 5.67. The van der Waals surface area contributed by atoms with Gasteiger partial charge in [-0.3, -0.25) is 0 Å². The van der Waals surface area contributed by atoms with Crippen molar-refractivity contribution >= 4 is 62.3 Å². The van der Waals surface area contributed by atoms with Crippen LogP contribution in [0.3, 0.4) is 0 Å². The Labute approximate surface area is 213 Å². The van der Waals surface area contributed by atoms with Gasteiger partial charge in [-0.1, -0.05) is 5.21 Å². The fraction of sp³-hybridized carbons (Fsp3) is 0.421. The van der Waals surface area contributed by atoms with Gasteiger partial charge in [0.15, 0.2) is 11.6 Å². The molecule has 1 aliphatic heterocycles. The van der Waals surface area contributed by atoms with Crippen LogP contribution in [0.1, 0.15) is 18.3 Å². The van der Waals surface area contributed by atoms with Crippen LogP contribution in [0.4, 0.5) is 5.82 Å². The number of aryl methyl sites for hydroxylation is 3. The Balaban J connectivity index is 1.83. The molecule has 0 aliphatic carbocycles. The predicted octanol–water partition coefficient (Wildman–Crippen LogP) is 3.63. The first-order chi connectivity index (χ1) is 15.4. The van der Waals surface area contributed by atoms with Gasteiger partial charge in [0.25, 0.3) is 0 Å². The topological polar surface area (TPSA) is 91.2 Å². The van der Waals surface area contributed by atoms with Crippen molar-refractivity contribution in [2.45, 2.75) is 26.8 Å². The number of rotatable bonds is 4. The largest absolute Gasteiger partial charge is 0.377 e. The first-order valence-corrected chi connectivity index (χ1v) is 15.3. The van der Waals surface area contributed by atoms with Crippen LogP contribution in [-0.4, -0.2) is 64.9 Å². The normalized spacial score (nSPS) is 17.3. The van der Waals surface area contributed by atoms with Crippen molar-refractivity contribution < 1.29 is 4.74 Å². The summed E-state index contributed by atoms with van der Waals surface area (Å²) in [7, 11) is 1.92. The minimum Gasteiger partial charge on any atom is -0.377 e. The van der Waals surface area contributed by atoms with Crippen molar-refractivity contribution in [3.8, 4) is 22.8 Å². The number of ether oxygens (including phenoxy) is 1. The zero-order chi connectivity index (χ0) is 22.6. The highest BCUT2D eigenvalue weighted by Gasteiger charge is 2.27. The van der Waals surface area contributed by atoms with Crippen LogP contribution in [0.15, 0.2) is 12.1 Å². The van der Waals surface area contributed by atoms with E-state index in [1.54, 1.807) is 0 Å². The second-order valence-electron chi connectivity index (χ2n) is 7.83. The van der Waals surface area contributed by atoms with Crippen LogP contribution >= 0.6 is 51.0 Å². The summed E-state index contributed by atoms with van der Waals surface area (Å²) in [4.78, 5) is 7.25. The van der Waals surface area contributed by atoms with E-state index in [1.807, 2.05) is 34.5 Å². The van der Waals surface area contributed by atoms with Crippen molar-refractivity contribution in [2.75, 3.05) is 24.7 Å². The van der Waals surface area contributed by atoms with Gasteiger partial charge in [0, 0.05) is 19.2 Å². The summed E-state index contributed by atoms with van der Waals surface area (Å²) in [6.45, 7) is 8.29. The molecule has 5 rings (SSSR count). The molecule has 0 aromatic carbocycles. The molecule has 0 N–H and O–H groups in total. The Kier molecular flexibility index (Phi) is 6.14. The van der Waals surface area contributed by atoms with E-state index in [9.17, 15) is 0 Å². The highest BCUT2D eigenvalue weighted by molar-refractivity contribution is 14.2. The van der Waals surface area contributed by atoms with Gasteiger partial charge in [-0.2, -0.15) is 5.10 Å². The summed E-state index contributed by atoms with van der Waals surface area (Å²) < 4.78 is 12.3. The van der Waals surface area contributed by atoms with Crippen molar-refractivity contribution in [2.24, 2.45) is 7.05 Å². The number of aromatic nitrogens is 8. The minimum absolute atomic E-state index is 0.224. The molecule has 168 valence electrons. The lowest BCUT2D eigenvalue weighted by Gasteiger charge is -2.34. The molecule has 0 radical (unpaired) electrons. The summed E-state index contributed by atoms with van der Waals surface area (Å²) in [5.74, 6) is 1.67. The summed E-state index contributed by atoms with van der Waals surface area (Å²) in [6.07, 6.45) is 0.465. The van der Waals surface area contributed by atoms with Crippen LogP contribution < -0.4 is 4.90 Å². The molecule has 0 amide bonds. The van der Waals surface area contributed by atoms with E-state index in [0.717, 1.165) is 55.7 Å². The molecular weight excluding hydrogens is 655 g/mol. The number of nitrogens with zero attached hydrogens (tertiary/aromatic N) is 9. The molecule has 0 bridgehead atoms. The molecular formula is C19H22I2N9OP. The van der Waals surface area contributed by atoms with Gasteiger partial charge in [-0.25, -0.2) is 18.6 Å². The Morgan fingerprint density at radius 2 is 2.03 bits per heavy atom. The van der Waals surface area contributed by atoms with Crippen molar-refractivity contribution in [1.29, 1.82) is 0 Å². The molecule has 2 atom stereocenters. The molecule has 1 unspecified atom stereocenters. The van der Waals surface area contributed by atoms with Crippen LogP contribution in [0, 0.1) is 17.5 Å². The Bertz CT molecular complexity index is 1290. The Morgan fingerprint density at radius 1 is 1.22 bits per heavy atom. The third-order valence-electron chi connectivity index (χ3n) is 5.60. The lowest BCUT2D eigenvalue weighted by atomic mass is 10.1. The fourth-order valence-electron chi connectivity index (χ4n) is 4.14. The Hall–Kier alpha value is -1.38. The monoisotopic (exact) mass is 677 g/mol. The number of fused-ring (bicyclic) bond motifs is 1. The summed E-state index contributed by atoms with van der Waals surface area (Å²) in [5, 5.41) is 18.3. The molecule has 13 heteroatoms. The predicted molar refractivity (Wildman–Crippen MR) is 142 cm³/mol. The van der Waals surface area contributed by atoms with E-state index in [4.69, 9.17) is 14.8 Å². The molecule has 0 spiro atoms. The summed E-state index contributed by atoms with van der Waals surface area (Å²) >= 11 is 4.64. The highest BCUT2D eigenvalue weighted by atomic mass is 127. The lowest BCUT2D eigenvalue weighted by molar-refractivity contribution is 0.0984. The van der Waals surface area contributed by atoms with Crippen LogP contribution in [0.2, 0.25) is 0 Å². The van der Waals surface area contributed by atoms with E-state index in [2.05, 4.69) is 84.0 Å². The Morgan fingerprint density at radius 3 is 2.72 bits per heavy atom. The number of hydrogen-bond donors (Lipinski definition) is 0. The second-order valence-corrected chi connectivity index (χ2v) is 10.9. The van der Waals surface area contributed by atoms with E-state index in [0.29, 0.717) is 19.6 Å². The molecule has 4 aromatic rings. The first kappa shape index (κ1) is 22.4. The maximum absolute atomic E-state index is 5.67. The van der Waals surface area contributed by atoms with Crippen molar-refractivity contribution in [1.82, 2.24) is 39.1 Å². The molecule has 5 heterocycles. The number of anilines is 1. The zero-order valence-electron chi connectivity index (χ0n) is 18.0. The van der Waals surface area contributed by atoms with Crippen molar-refractivity contribution in [3.63, 3.8) is 0 Å². The van der Waals surface area contributed by atoms with Gasteiger partial charge in [0.2, 0.25) is 0 Å². The van der Waals surface area contributed by atoms with E-state index in [-0.39, 0.29) is 6.04 Å². The van der Waals surface area contributed by atoms with Gasteiger partial charge < -0.3 is 9.64 Å². The second kappa shape index (κ2) is 8.76. The third kappa shape index (κ3) is 3.72. The van der Waals surface area contributed by atoms with Gasteiger partial charge >= 0.3 is 0 Å². The number of halogens is 2. The fourth-order valence-corrected chi connectivity index (χ4v) is 6.45. The molecule has 1 saturated heterocycles. The maximum Gasteiger partial charge on any atom is 0.181 e. The molecule has 1 aliphatic rings. The number of imidazole rings is 1. The molecule has 32 heavy (non-hydrogen) atoms. The standard InChI is InChI=1S/C19H22I2N9OP/c1-10-7-14(30(24-10)32-21)19-22-18(20)17-13(16-12(3)23-26-27(16)4)8-15(25-29(17)19)28-5-6-31-9-11(28)2/h7-8,11,32H,5-6,9H2,1-4H3/t11-/m1/s1. The number of hydrogen-bond acceptors (Lipinski definition) is 7. The van der Waals surface area contributed by atoms with Crippen LogP contribution in [0.5, 0.6) is 0 Å². The third-order valence-corrected chi connectivity index (χ3v) is 8.22. The van der Waals surface area contributed by atoms with Gasteiger partial charge in [0.1, 0.15) is 14.9 Å². The minimum atomic E-state index is 0.224. The first-order valence-electron chi connectivity index (χ1n) is 10.1. The summed E-state index contributed by atoms with van der Waals surface area (Å²) in [6, 6.07) is 4.43. The smallest absolute Gasteiger partial charge is 0.181 e. The average molecular weight is 677 g/mol. The van der Waals surface area contributed by atoms with Gasteiger partial charge in [0.05, 0.1) is 42.7 Å². The highest BCUT2D eigenvalue weighted by Crippen LogP contribution is 2.37.